The summed E-state index contributed by atoms with van der Waals surface area (Å²) in [5.41, 5.74) is 5.50. The van der Waals surface area contributed by atoms with Crippen molar-refractivity contribution in [2.45, 2.75) is 19.5 Å². The van der Waals surface area contributed by atoms with Gasteiger partial charge in [0.2, 0.25) is 0 Å². The van der Waals surface area contributed by atoms with Gasteiger partial charge in [0, 0.05) is 12.2 Å². The second kappa shape index (κ2) is 2.84. The van der Waals surface area contributed by atoms with Gasteiger partial charge >= 0.3 is 0 Å². The summed E-state index contributed by atoms with van der Waals surface area (Å²) >= 11 is 0. The van der Waals surface area contributed by atoms with Crippen molar-refractivity contribution in [3.05, 3.63) is 12.2 Å². The molecule has 1 heterocycles. The third-order valence-corrected chi connectivity index (χ3v) is 1.59. The average molecular weight is 154 g/mol. The predicted molar refractivity (Wildman–Crippen MR) is 39.3 cm³/mol. The molecule has 0 bridgehead atoms. The fraction of sp³-hybridized carbons (Fsp3) is 0.429. The molecule has 0 saturated heterocycles. The van der Waals surface area contributed by atoms with Gasteiger partial charge < -0.3 is 5.73 Å². The van der Waals surface area contributed by atoms with E-state index in [9.17, 15) is 9.59 Å². The first-order valence-corrected chi connectivity index (χ1v) is 3.47. The van der Waals surface area contributed by atoms with Crippen LogP contribution in [0.15, 0.2) is 12.2 Å². The summed E-state index contributed by atoms with van der Waals surface area (Å²) in [6, 6.07) is 0. The minimum atomic E-state index is -0.481. The number of carbonyl (C=O) groups excluding carboxylic acids is 2. The normalized spacial score (nSPS) is 19.6. The van der Waals surface area contributed by atoms with Crippen LogP contribution in [0.2, 0.25) is 0 Å². The highest BCUT2D eigenvalue weighted by atomic mass is 16.2. The van der Waals surface area contributed by atoms with Crippen LogP contribution in [-0.4, -0.2) is 22.9 Å². The Morgan fingerprint density at radius 2 is 1.91 bits per heavy atom. The fourth-order valence-electron chi connectivity index (χ4n) is 0.921. The van der Waals surface area contributed by atoms with E-state index in [0.717, 1.165) is 4.90 Å². The molecule has 1 aliphatic heterocycles. The van der Waals surface area contributed by atoms with Crippen molar-refractivity contribution in [2.24, 2.45) is 5.73 Å². The molecule has 0 radical (unpaired) electrons. The van der Waals surface area contributed by atoms with E-state index in [4.69, 9.17) is 5.73 Å². The van der Waals surface area contributed by atoms with Crippen LogP contribution in [0.5, 0.6) is 0 Å². The Hall–Kier alpha value is -1.16. The molecule has 1 aliphatic rings. The molecule has 1 rings (SSSR count). The molecule has 11 heavy (non-hydrogen) atoms. The Morgan fingerprint density at radius 1 is 1.45 bits per heavy atom. The molecule has 1 unspecified atom stereocenters. The molecule has 2 amide bonds. The summed E-state index contributed by atoms with van der Waals surface area (Å²) in [7, 11) is 0. The van der Waals surface area contributed by atoms with Gasteiger partial charge in [-0.25, -0.2) is 0 Å². The van der Waals surface area contributed by atoms with E-state index in [1.807, 2.05) is 6.92 Å². The Labute approximate surface area is 64.7 Å². The lowest BCUT2D eigenvalue weighted by Gasteiger charge is -2.20. The van der Waals surface area contributed by atoms with E-state index in [0.29, 0.717) is 6.42 Å². The molecule has 0 aromatic carbocycles. The minimum Gasteiger partial charge on any atom is -0.311 e. The molecule has 4 nitrogen and oxygen atoms in total. The molecular formula is C7H10N2O2. The topological polar surface area (TPSA) is 63.4 Å². The highest BCUT2D eigenvalue weighted by Gasteiger charge is 2.27. The van der Waals surface area contributed by atoms with Gasteiger partial charge in [0.25, 0.3) is 11.8 Å². The van der Waals surface area contributed by atoms with Crippen LogP contribution in [0.3, 0.4) is 0 Å². The van der Waals surface area contributed by atoms with Gasteiger partial charge in [-0.15, -0.1) is 0 Å². The summed E-state index contributed by atoms with van der Waals surface area (Å²) in [6.07, 6.45) is 2.57. The highest BCUT2D eigenvalue weighted by molar-refractivity contribution is 6.13. The van der Waals surface area contributed by atoms with E-state index in [2.05, 4.69) is 0 Å². The van der Waals surface area contributed by atoms with Gasteiger partial charge in [-0.3, -0.25) is 14.5 Å². The van der Waals surface area contributed by atoms with Crippen LogP contribution >= 0.6 is 0 Å². The van der Waals surface area contributed by atoms with Crippen LogP contribution in [0.1, 0.15) is 13.3 Å². The standard InChI is InChI=1S/C7H10N2O2/c1-2-5(8)9-6(10)3-4-7(9)11/h3-5H,2,8H2,1H3. The highest BCUT2D eigenvalue weighted by Crippen LogP contribution is 2.07. The molecule has 2 N–H and O–H groups in total. The summed E-state index contributed by atoms with van der Waals surface area (Å²) in [5.74, 6) is -0.631. The van der Waals surface area contributed by atoms with Crippen molar-refractivity contribution < 1.29 is 9.59 Å². The predicted octanol–water partition coefficient (Wildman–Crippen LogP) is -0.394. The summed E-state index contributed by atoms with van der Waals surface area (Å²) in [6.45, 7) is 1.82. The zero-order valence-corrected chi connectivity index (χ0v) is 6.28. The Balaban J connectivity index is 2.73. The van der Waals surface area contributed by atoms with Gasteiger partial charge in [-0.2, -0.15) is 0 Å². The number of rotatable bonds is 2. The molecule has 4 heteroatoms. The third kappa shape index (κ3) is 1.30. The second-order valence-electron chi connectivity index (χ2n) is 2.36. The quantitative estimate of drug-likeness (QED) is 0.551. The molecule has 0 saturated carbocycles. The number of hydrogen-bond donors (Lipinski definition) is 1. The van der Waals surface area contributed by atoms with Crippen molar-refractivity contribution in [3.8, 4) is 0 Å². The Kier molecular flexibility index (Phi) is 2.05. The van der Waals surface area contributed by atoms with Crippen LogP contribution in [0, 0.1) is 0 Å². The Morgan fingerprint density at radius 3 is 2.27 bits per heavy atom. The first kappa shape index (κ1) is 7.94. The molecule has 0 aliphatic carbocycles. The zero-order chi connectivity index (χ0) is 8.43. The van der Waals surface area contributed by atoms with E-state index >= 15 is 0 Å². The number of carbonyl (C=O) groups is 2. The molecule has 0 fully saturated rings. The average Bonchev–Trinajstić information content (AvgIpc) is 2.30. The van der Waals surface area contributed by atoms with Gasteiger partial charge in [0.15, 0.2) is 0 Å². The van der Waals surface area contributed by atoms with E-state index < -0.39 is 6.17 Å². The van der Waals surface area contributed by atoms with Crippen molar-refractivity contribution in [1.82, 2.24) is 4.90 Å². The van der Waals surface area contributed by atoms with Gasteiger partial charge in [-0.05, 0) is 6.42 Å². The monoisotopic (exact) mass is 154 g/mol. The molecular weight excluding hydrogens is 144 g/mol. The third-order valence-electron chi connectivity index (χ3n) is 1.59. The molecule has 0 aromatic rings. The molecule has 1 atom stereocenters. The van der Waals surface area contributed by atoms with E-state index in [1.165, 1.54) is 12.2 Å². The van der Waals surface area contributed by atoms with Crippen molar-refractivity contribution >= 4 is 11.8 Å². The van der Waals surface area contributed by atoms with Gasteiger partial charge in [0.1, 0.15) is 0 Å². The maximum absolute atomic E-state index is 10.9. The lowest BCUT2D eigenvalue weighted by atomic mass is 10.3. The van der Waals surface area contributed by atoms with Gasteiger partial charge in [-0.1, -0.05) is 6.92 Å². The molecule has 0 spiro atoms. The fourth-order valence-corrected chi connectivity index (χ4v) is 0.921. The number of amides is 2. The zero-order valence-electron chi connectivity index (χ0n) is 6.28. The first-order valence-electron chi connectivity index (χ1n) is 3.47. The summed E-state index contributed by atoms with van der Waals surface area (Å²) in [4.78, 5) is 22.9. The maximum Gasteiger partial charge on any atom is 0.254 e. The van der Waals surface area contributed by atoms with Crippen LogP contribution in [-0.2, 0) is 9.59 Å². The lowest BCUT2D eigenvalue weighted by molar-refractivity contribution is -0.139. The smallest absolute Gasteiger partial charge is 0.254 e. The van der Waals surface area contributed by atoms with Crippen LogP contribution < -0.4 is 5.73 Å². The Bertz CT molecular complexity index is 204. The first-order chi connectivity index (χ1) is 5.16. The number of hydrogen-bond acceptors (Lipinski definition) is 3. The summed E-state index contributed by atoms with van der Waals surface area (Å²) in [5, 5.41) is 0. The van der Waals surface area contributed by atoms with E-state index in [1.54, 1.807) is 0 Å². The maximum atomic E-state index is 10.9. The second-order valence-corrected chi connectivity index (χ2v) is 2.36. The van der Waals surface area contributed by atoms with E-state index in [-0.39, 0.29) is 11.8 Å². The van der Waals surface area contributed by atoms with Gasteiger partial charge in [0.05, 0.1) is 6.17 Å². The number of nitrogens with two attached hydrogens (primary N) is 1. The largest absolute Gasteiger partial charge is 0.311 e. The molecule has 60 valence electrons. The minimum absolute atomic E-state index is 0.315. The summed E-state index contributed by atoms with van der Waals surface area (Å²) < 4.78 is 0. The van der Waals surface area contributed by atoms with Crippen molar-refractivity contribution in [3.63, 3.8) is 0 Å². The number of imide groups is 1. The van der Waals surface area contributed by atoms with Crippen molar-refractivity contribution in [1.29, 1.82) is 0 Å². The van der Waals surface area contributed by atoms with Crippen LogP contribution in [0.25, 0.3) is 0 Å². The number of nitrogens with zero attached hydrogens (tertiary/aromatic N) is 1. The SMILES string of the molecule is CCC(N)N1C(=O)C=CC1=O. The lowest BCUT2D eigenvalue weighted by Crippen LogP contribution is -2.45. The molecule has 0 aromatic heterocycles. The van der Waals surface area contributed by atoms with Crippen LogP contribution in [0.4, 0.5) is 0 Å². The van der Waals surface area contributed by atoms with Crippen molar-refractivity contribution in [2.75, 3.05) is 0 Å².